The molecule has 2 aromatic rings. The molecule has 0 amide bonds. The monoisotopic (exact) mass is 309 g/mol. The van der Waals surface area contributed by atoms with Crippen molar-refractivity contribution in [2.45, 2.75) is 25.7 Å². The van der Waals surface area contributed by atoms with Crippen LogP contribution in [0.3, 0.4) is 0 Å². The summed E-state index contributed by atoms with van der Waals surface area (Å²) >= 11 is 0. The number of nitrogens with zero attached hydrogens (tertiary/aromatic N) is 2. The average Bonchev–Trinajstić information content (AvgIpc) is 2.62. The summed E-state index contributed by atoms with van der Waals surface area (Å²) in [5, 5.41) is 3.39. The van der Waals surface area contributed by atoms with Gasteiger partial charge in [0.1, 0.15) is 5.82 Å². The second kappa shape index (κ2) is 8.68. The normalized spacial score (nSPS) is 16.3. The van der Waals surface area contributed by atoms with Gasteiger partial charge in [-0.3, -0.25) is 0 Å². The molecule has 1 aromatic heterocycles. The number of benzene rings is 1. The van der Waals surface area contributed by atoms with Crippen molar-refractivity contribution in [2.75, 3.05) is 31.5 Å². The maximum Gasteiger partial charge on any atom is 0.125 e. The van der Waals surface area contributed by atoms with Crippen molar-refractivity contribution in [3.8, 4) is 0 Å². The first-order valence-electron chi connectivity index (χ1n) is 8.81. The van der Waals surface area contributed by atoms with Crippen LogP contribution >= 0.6 is 0 Å². The van der Waals surface area contributed by atoms with Crippen LogP contribution < -0.4 is 5.32 Å². The van der Waals surface area contributed by atoms with Gasteiger partial charge in [0.15, 0.2) is 0 Å². The lowest BCUT2D eigenvalue weighted by Gasteiger charge is -2.32. The standard InChI is InChI=1S/C20H27N3/c1-2-7-18(8-3-1)17-19-10-15-23(16-11-19)14-6-13-22-20-9-4-5-12-21-20/h1-5,7-9,12,19H,6,10-11,13-17H2,(H,21,22). The zero-order valence-electron chi connectivity index (χ0n) is 13.8. The molecule has 2 heterocycles. The smallest absolute Gasteiger partial charge is 0.125 e. The van der Waals surface area contributed by atoms with E-state index in [2.05, 4.69) is 45.5 Å². The van der Waals surface area contributed by atoms with E-state index in [4.69, 9.17) is 0 Å². The molecule has 23 heavy (non-hydrogen) atoms. The van der Waals surface area contributed by atoms with Crippen molar-refractivity contribution in [1.29, 1.82) is 0 Å². The molecule has 0 bridgehead atoms. The van der Waals surface area contributed by atoms with Crippen molar-refractivity contribution < 1.29 is 0 Å². The van der Waals surface area contributed by atoms with Gasteiger partial charge in [0.25, 0.3) is 0 Å². The van der Waals surface area contributed by atoms with E-state index >= 15 is 0 Å². The van der Waals surface area contributed by atoms with Crippen LogP contribution in [0.4, 0.5) is 5.82 Å². The van der Waals surface area contributed by atoms with Crippen LogP contribution in [0, 0.1) is 5.92 Å². The van der Waals surface area contributed by atoms with E-state index in [-0.39, 0.29) is 0 Å². The van der Waals surface area contributed by atoms with Gasteiger partial charge < -0.3 is 10.2 Å². The van der Waals surface area contributed by atoms with Gasteiger partial charge >= 0.3 is 0 Å². The highest BCUT2D eigenvalue weighted by atomic mass is 15.1. The third-order valence-corrected chi connectivity index (χ3v) is 4.70. The summed E-state index contributed by atoms with van der Waals surface area (Å²) in [5.41, 5.74) is 1.49. The summed E-state index contributed by atoms with van der Waals surface area (Å²) in [6.07, 6.45) is 6.93. The van der Waals surface area contributed by atoms with Crippen molar-refractivity contribution in [3.05, 3.63) is 60.3 Å². The highest BCUT2D eigenvalue weighted by molar-refractivity contribution is 5.32. The van der Waals surface area contributed by atoms with E-state index in [1.807, 2.05) is 24.4 Å². The second-order valence-electron chi connectivity index (χ2n) is 6.47. The van der Waals surface area contributed by atoms with Gasteiger partial charge in [0.05, 0.1) is 0 Å². The largest absolute Gasteiger partial charge is 0.370 e. The average molecular weight is 309 g/mol. The SMILES string of the molecule is c1ccc(CC2CCN(CCCNc3ccccn3)CC2)cc1. The van der Waals surface area contributed by atoms with Crippen LogP contribution in [0.1, 0.15) is 24.8 Å². The van der Waals surface area contributed by atoms with Crippen molar-refractivity contribution in [2.24, 2.45) is 5.92 Å². The third-order valence-electron chi connectivity index (χ3n) is 4.70. The van der Waals surface area contributed by atoms with Gasteiger partial charge in [-0.05, 0) is 68.9 Å². The predicted octanol–water partition coefficient (Wildman–Crippen LogP) is 3.84. The number of aromatic nitrogens is 1. The molecule has 1 fully saturated rings. The van der Waals surface area contributed by atoms with Crippen LogP contribution in [0.5, 0.6) is 0 Å². The fraction of sp³-hybridized carbons (Fsp3) is 0.450. The fourth-order valence-corrected chi connectivity index (χ4v) is 3.35. The Hall–Kier alpha value is -1.87. The summed E-state index contributed by atoms with van der Waals surface area (Å²) in [6, 6.07) is 16.9. The Bertz CT molecular complexity index is 545. The van der Waals surface area contributed by atoms with E-state index in [9.17, 15) is 0 Å². The summed E-state index contributed by atoms with van der Waals surface area (Å²) in [5.74, 6) is 1.84. The zero-order valence-corrected chi connectivity index (χ0v) is 13.8. The van der Waals surface area contributed by atoms with Gasteiger partial charge in [-0.15, -0.1) is 0 Å². The highest BCUT2D eigenvalue weighted by Crippen LogP contribution is 2.21. The minimum atomic E-state index is 0.861. The summed E-state index contributed by atoms with van der Waals surface area (Å²) in [7, 11) is 0. The maximum absolute atomic E-state index is 4.29. The van der Waals surface area contributed by atoms with E-state index in [0.717, 1.165) is 18.3 Å². The molecule has 3 heteroatoms. The van der Waals surface area contributed by atoms with Gasteiger partial charge in [-0.1, -0.05) is 36.4 Å². The molecule has 0 saturated carbocycles. The van der Waals surface area contributed by atoms with Crippen LogP contribution in [0.25, 0.3) is 0 Å². The number of pyridine rings is 1. The van der Waals surface area contributed by atoms with Gasteiger partial charge in [-0.2, -0.15) is 0 Å². The van der Waals surface area contributed by atoms with E-state index < -0.39 is 0 Å². The quantitative estimate of drug-likeness (QED) is 0.788. The molecule has 0 atom stereocenters. The topological polar surface area (TPSA) is 28.2 Å². The second-order valence-corrected chi connectivity index (χ2v) is 6.47. The lowest BCUT2D eigenvalue weighted by molar-refractivity contribution is 0.183. The molecule has 0 aliphatic carbocycles. The van der Waals surface area contributed by atoms with E-state index in [1.165, 1.54) is 50.9 Å². The maximum atomic E-state index is 4.29. The molecule has 1 aliphatic heterocycles. The molecule has 3 rings (SSSR count). The molecule has 1 aromatic carbocycles. The number of rotatable bonds is 7. The summed E-state index contributed by atoms with van der Waals surface area (Å²) in [6.45, 7) is 4.70. The molecule has 0 radical (unpaired) electrons. The lowest BCUT2D eigenvalue weighted by Crippen LogP contribution is -2.35. The molecule has 1 aliphatic rings. The molecular weight excluding hydrogens is 282 g/mol. The molecular formula is C20H27N3. The fourth-order valence-electron chi connectivity index (χ4n) is 3.35. The van der Waals surface area contributed by atoms with Crippen LogP contribution in [-0.4, -0.2) is 36.1 Å². The van der Waals surface area contributed by atoms with Crippen LogP contribution in [0.2, 0.25) is 0 Å². The Kier molecular flexibility index (Phi) is 6.04. The number of hydrogen-bond donors (Lipinski definition) is 1. The molecule has 0 spiro atoms. The summed E-state index contributed by atoms with van der Waals surface area (Å²) < 4.78 is 0. The number of nitrogens with one attached hydrogen (secondary N) is 1. The number of hydrogen-bond acceptors (Lipinski definition) is 3. The minimum Gasteiger partial charge on any atom is -0.370 e. The Labute approximate surface area is 139 Å². The molecule has 3 nitrogen and oxygen atoms in total. The first kappa shape index (κ1) is 16.0. The lowest BCUT2D eigenvalue weighted by atomic mass is 9.90. The number of anilines is 1. The molecule has 1 N–H and O–H groups in total. The van der Waals surface area contributed by atoms with Gasteiger partial charge in [0, 0.05) is 12.7 Å². The van der Waals surface area contributed by atoms with Crippen molar-refractivity contribution >= 4 is 5.82 Å². The van der Waals surface area contributed by atoms with Crippen molar-refractivity contribution in [1.82, 2.24) is 9.88 Å². The van der Waals surface area contributed by atoms with E-state index in [0.29, 0.717) is 0 Å². The Morgan fingerprint density at radius 2 is 1.78 bits per heavy atom. The summed E-state index contributed by atoms with van der Waals surface area (Å²) in [4.78, 5) is 6.90. The van der Waals surface area contributed by atoms with Crippen LogP contribution in [0.15, 0.2) is 54.7 Å². The van der Waals surface area contributed by atoms with Crippen molar-refractivity contribution in [3.63, 3.8) is 0 Å². The van der Waals surface area contributed by atoms with Gasteiger partial charge in [-0.25, -0.2) is 4.98 Å². The minimum absolute atomic E-state index is 0.861. The Morgan fingerprint density at radius 3 is 2.52 bits per heavy atom. The zero-order chi connectivity index (χ0) is 15.7. The first-order valence-corrected chi connectivity index (χ1v) is 8.81. The predicted molar refractivity (Wildman–Crippen MR) is 96.7 cm³/mol. The molecule has 0 unspecified atom stereocenters. The van der Waals surface area contributed by atoms with Crippen LogP contribution in [-0.2, 0) is 6.42 Å². The Balaban J connectivity index is 1.30. The molecule has 122 valence electrons. The van der Waals surface area contributed by atoms with Gasteiger partial charge in [0.2, 0.25) is 0 Å². The first-order chi connectivity index (χ1) is 11.4. The Morgan fingerprint density at radius 1 is 1.00 bits per heavy atom. The number of likely N-dealkylation sites (tertiary alicyclic amines) is 1. The molecule has 1 saturated heterocycles. The highest BCUT2D eigenvalue weighted by Gasteiger charge is 2.18. The van der Waals surface area contributed by atoms with E-state index in [1.54, 1.807) is 0 Å². The third kappa shape index (κ3) is 5.36. The number of piperidine rings is 1.